The Morgan fingerprint density at radius 1 is 1.07 bits per heavy atom. The van der Waals surface area contributed by atoms with Gasteiger partial charge in [-0.15, -0.1) is 0 Å². The lowest BCUT2D eigenvalue weighted by Crippen LogP contribution is -2.21. The number of amides is 1. The number of carbonyl (C=O) groups is 1. The molecule has 0 radical (unpaired) electrons. The Morgan fingerprint density at radius 3 is 2.50 bits per heavy atom. The number of aryl methyl sites for hydroxylation is 1. The number of nitrogens with zero attached hydrogens (tertiary/aromatic N) is 3. The normalized spacial score (nSPS) is 11.4. The number of ether oxygens (including phenoxy) is 2. The summed E-state index contributed by atoms with van der Waals surface area (Å²) in [4.78, 5) is 31.1. The fourth-order valence-electron chi connectivity index (χ4n) is 4.86. The van der Waals surface area contributed by atoms with E-state index in [0.717, 1.165) is 22.4 Å². The molecule has 0 spiro atoms. The second kappa shape index (κ2) is 14.5. The van der Waals surface area contributed by atoms with Gasteiger partial charge < -0.3 is 14.8 Å². The van der Waals surface area contributed by atoms with E-state index >= 15 is 0 Å². The van der Waals surface area contributed by atoms with Crippen molar-refractivity contribution in [1.29, 1.82) is 0 Å². The van der Waals surface area contributed by atoms with E-state index < -0.39 is 0 Å². The van der Waals surface area contributed by atoms with Crippen LogP contribution < -0.4 is 20.3 Å². The van der Waals surface area contributed by atoms with Crippen LogP contribution in [-0.2, 0) is 4.79 Å². The van der Waals surface area contributed by atoms with Crippen molar-refractivity contribution in [3.63, 3.8) is 0 Å². The van der Waals surface area contributed by atoms with Crippen LogP contribution in [0.3, 0.4) is 0 Å². The Labute approximate surface area is 285 Å². The van der Waals surface area contributed by atoms with Crippen LogP contribution in [0.5, 0.6) is 11.5 Å². The first kappa shape index (κ1) is 33.2. The molecule has 0 aliphatic rings. The fraction of sp³-hybridized carbons (Fsp3) is 0.200. The second-order valence-corrected chi connectivity index (χ2v) is 12.5. The van der Waals surface area contributed by atoms with E-state index in [0.29, 0.717) is 49.8 Å². The van der Waals surface area contributed by atoms with Gasteiger partial charge in [0.25, 0.3) is 11.5 Å². The number of nitrogens with one attached hydrogen (secondary N) is 1. The van der Waals surface area contributed by atoms with Crippen molar-refractivity contribution in [2.24, 2.45) is 5.10 Å². The third-order valence-corrected chi connectivity index (χ3v) is 8.21. The summed E-state index contributed by atoms with van der Waals surface area (Å²) >= 11 is 16.0. The Hall–Kier alpha value is -4.18. The van der Waals surface area contributed by atoms with Gasteiger partial charge in [-0.1, -0.05) is 49.2 Å². The van der Waals surface area contributed by atoms with Crippen LogP contribution in [0.25, 0.3) is 22.3 Å². The molecule has 1 N–H and O–H groups in total. The van der Waals surface area contributed by atoms with Gasteiger partial charge in [0.05, 0.1) is 33.2 Å². The zero-order valence-corrected chi connectivity index (χ0v) is 28.7. The lowest BCUT2D eigenvalue weighted by atomic mass is 9.96. The summed E-state index contributed by atoms with van der Waals surface area (Å²) in [6.07, 6.45) is 1.53. The zero-order chi connectivity index (χ0) is 33.0. The minimum absolute atomic E-state index is 0.175. The molecule has 0 unspecified atom stereocenters. The summed E-state index contributed by atoms with van der Waals surface area (Å²) in [5.74, 6) is 1.31. The second-order valence-electron chi connectivity index (χ2n) is 10.8. The van der Waals surface area contributed by atoms with Gasteiger partial charge in [0.2, 0.25) is 0 Å². The molecule has 46 heavy (non-hydrogen) atoms. The first-order valence-electron chi connectivity index (χ1n) is 14.6. The number of benzene rings is 4. The molecule has 1 aromatic heterocycles. The molecule has 4 aromatic carbocycles. The number of carbonyl (C=O) groups excluding carboxylic acids is 1. The quantitative estimate of drug-likeness (QED) is 0.145. The van der Waals surface area contributed by atoms with E-state index in [9.17, 15) is 9.59 Å². The molecule has 0 saturated heterocycles. The zero-order valence-electron chi connectivity index (χ0n) is 25.6. The lowest BCUT2D eigenvalue weighted by molar-refractivity contribution is -0.118. The standard InChI is InChI=1S/C35H31BrCl2N4O4/c1-5-45-31-14-21(4)27(17-26(31)20(2)3)34-41-30-9-7-6-8-25(30)35(44)42(34)39-18-22-15-28(36)33(29(38)16-22)46-19-32(43)40-24-12-10-23(37)11-13-24/h6-18,20H,5,19H2,1-4H3,(H,40,43). The number of hydrogen-bond donors (Lipinski definition) is 1. The highest BCUT2D eigenvalue weighted by Gasteiger charge is 2.19. The first-order valence-corrected chi connectivity index (χ1v) is 16.1. The highest BCUT2D eigenvalue weighted by atomic mass is 79.9. The molecule has 11 heteroatoms. The highest BCUT2D eigenvalue weighted by molar-refractivity contribution is 9.10. The topological polar surface area (TPSA) is 94.8 Å². The molecule has 0 atom stereocenters. The van der Waals surface area contributed by atoms with Gasteiger partial charge in [0, 0.05) is 16.3 Å². The Kier molecular flexibility index (Phi) is 10.5. The number of para-hydroxylation sites is 1. The number of fused-ring (bicyclic) bond motifs is 1. The predicted molar refractivity (Wildman–Crippen MR) is 189 cm³/mol. The highest BCUT2D eigenvalue weighted by Crippen LogP contribution is 2.36. The van der Waals surface area contributed by atoms with E-state index in [4.69, 9.17) is 37.7 Å². The molecule has 0 aliphatic carbocycles. The number of anilines is 1. The van der Waals surface area contributed by atoms with Gasteiger partial charge in [0.1, 0.15) is 5.75 Å². The summed E-state index contributed by atoms with van der Waals surface area (Å²) < 4.78 is 13.5. The molecular formula is C35H31BrCl2N4O4. The number of hydrogen-bond acceptors (Lipinski definition) is 6. The lowest BCUT2D eigenvalue weighted by Gasteiger charge is -2.18. The van der Waals surface area contributed by atoms with Gasteiger partial charge in [0.15, 0.2) is 18.2 Å². The summed E-state index contributed by atoms with van der Waals surface area (Å²) in [5.41, 5.74) is 4.11. The Bertz CT molecular complexity index is 1990. The molecule has 8 nitrogen and oxygen atoms in total. The van der Waals surface area contributed by atoms with Gasteiger partial charge in [-0.25, -0.2) is 4.98 Å². The number of aromatic nitrogens is 2. The monoisotopic (exact) mass is 720 g/mol. The maximum Gasteiger partial charge on any atom is 0.282 e. The largest absolute Gasteiger partial charge is 0.494 e. The van der Waals surface area contributed by atoms with Crippen LogP contribution in [0.15, 0.2) is 87.2 Å². The van der Waals surface area contributed by atoms with Crippen LogP contribution in [0.4, 0.5) is 5.69 Å². The van der Waals surface area contributed by atoms with Crippen molar-refractivity contribution in [3.8, 4) is 22.9 Å². The van der Waals surface area contributed by atoms with Gasteiger partial charge >= 0.3 is 0 Å². The third-order valence-electron chi connectivity index (χ3n) is 7.09. The van der Waals surface area contributed by atoms with E-state index in [2.05, 4.69) is 40.2 Å². The molecular weight excluding hydrogens is 691 g/mol. The molecule has 5 aromatic rings. The van der Waals surface area contributed by atoms with Crippen LogP contribution >= 0.6 is 39.1 Å². The van der Waals surface area contributed by atoms with Crippen LogP contribution in [0.1, 0.15) is 43.4 Å². The maximum atomic E-state index is 13.8. The van der Waals surface area contributed by atoms with Crippen LogP contribution in [0, 0.1) is 6.92 Å². The molecule has 5 rings (SSSR count). The Balaban J connectivity index is 1.48. The molecule has 0 aliphatic heterocycles. The minimum atomic E-state index is -0.364. The average molecular weight is 722 g/mol. The predicted octanol–water partition coefficient (Wildman–Crippen LogP) is 8.86. The van der Waals surface area contributed by atoms with Gasteiger partial charge in [-0.05, 0) is 113 Å². The molecule has 1 heterocycles. The van der Waals surface area contributed by atoms with E-state index in [1.54, 1.807) is 48.5 Å². The number of rotatable bonds is 10. The molecule has 0 saturated carbocycles. The molecule has 0 fully saturated rings. The fourth-order valence-corrected chi connectivity index (χ4v) is 5.98. The third kappa shape index (κ3) is 7.44. The summed E-state index contributed by atoms with van der Waals surface area (Å²) in [6.45, 7) is 8.38. The van der Waals surface area contributed by atoms with Crippen molar-refractivity contribution in [1.82, 2.24) is 9.66 Å². The Morgan fingerprint density at radius 2 is 1.80 bits per heavy atom. The van der Waals surface area contributed by atoms with Gasteiger partial charge in [-0.2, -0.15) is 9.78 Å². The minimum Gasteiger partial charge on any atom is -0.494 e. The summed E-state index contributed by atoms with van der Waals surface area (Å²) in [6, 6.07) is 21.3. The molecule has 236 valence electrons. The molecule has 1 amide bonds. The van der Waals surface area contributed by atoms with Crippen LogP contribution in [-0.4, -0.2) is 35.0 Å². The van der Waals surface area contributed by atoms with Gasteiger partial charge in [-0.3, -0.25) is 9.59 Å². The average Bonchev–Trinajstić information content (AvgIpc) is 3.01. The summed E-state index contributed by atoms with van der Waals surface area (Å²) in [7, 11) is 0. The number of halogens is 3. The molecule has 0 bridgehead atoms. The summed E-state index contributed by atoms with van der Waals surface area (Å²) in [5, 5.41) is 8.61. The SMILES string of the molecule is CCOc1cc(C)c(-c2nc3ccccc3c(=O)n2N=Cc2cc(Cl)c(OCC(=O)Nc3ccc(Cl)cc3)c(Br)c2)cc1C(C)C. The first-order chi connectivity index (χ1) is 22.0. The van der Waals surface area contributed by atoms with Crippen molar-refractivity contribution < 1.29 is 14.3 Å². The van der Waals surface area contributed by atoms with Crippen molar-refractivity contribution in [2.45, 2.75) is 33.6 Å². The smallest absolute Gasteiger partial charge is 0.282 e. The van der Waals surface area contributed by atoms with E-state index in [-0.39, 0.29) is 29.0 Å². The van der Waals surface area contributed by atoms with Crippen molar-refractivity contribution >= 4 is 67.8 Å². The van der Waals surface area contributed by atoms with Crippen molar-refractivity contribution in [2.75, 3.05) is 18.5 Å². The van der Waals surface area contributed by atoms with E-state index in [1.165, 1.54) is 10.9 Å². The maximum absolute atomic E-state index is 13.8. The van der Waals surface area contributed by atoms with Crippen LogP contribution in [0.2, 0.25) is 10.0 Å². The van der Waals surface area contributed by atoms with Crippen molar-refractivity contribution in [3.05, 3.63) is 114 Å². The van der Waals surface area contributed by atoms with E-state index in [1.807, 2.05) is 38.1 Å².